The highest BCUT2D eigenvalue weighted by Gasteiger charge is 2.23. The van der Waals surface area contributed by atoms with Crippen molar-refractivity contribution in [1.82, 2.24) is 0 Å². The van der Waals surface area contributed by atoms with Gasteiger partial charge in [0.25, 0.3) is 0 Å². The van der Waals surface area contributed by atoms with Crippen LogP contribution in [0.5, 0.6) is 0 Å². The van der Waals surface area contributed by atoms with Crippen molar-refractivity contribution < 1.29 is 4.74 Å². The maximum absolute atomic E-state index is 5.70. The van der Waals surface area contributed by atoms with Crippen LogP contribution in [0.4, 0.5) is 0 Å². The minimum absolute atomic E-state index is 0.709. The van der Waals surface area contributed by atoms with Gasteiger partial charge in [0.15, 0.2) is 0 Å². The van der Waals surface area contributed by atoms with Gasteiger partial charge in [0.1, 0.15) is 6.61 Å². The van der Waals surface area contributed by atoms with Crippen LogP contribution in [-0.2, 0) is 4.74 Å². The van der Waals surface area contributed by atoms with E-state index in [4.69, 9.17) is 4.74 Å². The molecule has 0 saturated heterocycles. The molecule has 2 aliphatic rings. The molecule has 1 fully saturated rings. The summed E-state index contributed by atoms with van der Waals surface area (Å²) in [5.41, 5.74) is 4.05. The standard InChI is InChI=1S/C16H21NO/c1-12-6-5-9-14(13-7-3-2-4-8-13)15(12)16-17-10-11-18-16/h5-6,9,13H,2-4,7-8,10-11H2,1H3. The first-order chi connectivity index (χ1) is 8.86. The van der Waals surface area contributed by atoms with Crippen LogP contribution in [0.3, 0.4) is 0 Å². The summed E-state index contributed by atoms with van der Waals surface area (Å²) in [4.78, 5) is 4.52. The summed E-state index contributed by atoms with van der Waals surface area (Å²) >= 11 is 0. The van der Waals surface area contributed by atoms with E-state index < -0.39 is 0 Å². The molecule has 0 unspecified atom stereocenters. The van der Waals surface area contributed by atoms with Gasteiger partial charge in [0, 0.05) is 5.56 Å². The molecule has 0 amide bonds. The van der Waals surface area contributed by atoms with Gasteiger partial charge in [-0.15, -0.1) is 0 Å². The van der Waals surface area contributed by atoms with E-state index in [0.717, 1.165) is 19.0 Å². The summed E-state index contributed by atoms with van der Waals surface area (Å²) < 4.78 is 5.70. The predicted octanol–water partition coefficient (Wildman–Crippen LogP) is 3.82. The summed E-state index contributed by atoms with van der Waals surface area (Å²) in [6, 6.07) is 6.63. The van der Waals surface area contributed by atoms with E-state index in [0.29, 0.717) is 5.92 Å². The van der Waals surface area contributed by atoms with Crippen LogP contribution in [0.15, 0.2) is 23.2 Å². The molecule has 0 N–H and O–H groups in total. The Bertz CT molecular complexity index is 458. The summed E-state index contributed by atoms with van der Waals surface area (Å²) in [6.07, 6.45) is 6.78. The SMILES string of the molecule is Cc1cccc(C2CCCCC2)c1C1=NCCO1. The normalized spacial score (nSPS) is 20.6. The minimum atomic E-state index is 0.709. The Balaban J connectivity index is 1.99. The average molecular weight is 243 g/mol. The lowest BCUT2D eigenvalue weighted by Crippen LogP contribution is -2.13. The van der Waals surface area contributed by atoms with Gasteiger partial charge in [-0.3, -0.25) is 0 Å². The van der Waals surface area contributed by atoms with Gasteiger partial charge in [0.2, 0.25) is 5.90 Å². The van der Waals surface area contributed by atoms with E-state index in [9.17, 15) is 0 Å². The first-order valence-electron chi connectivity index (χ1n) is 7.13. The first-order valence-corrected chi connectivity index (χ1v) is 7.13. The van der Waals surface area contributed by atoms with Crippen molar-refractivity contribution in [1.29, 1.82) is 0 Å². The van der Waals surface area contributed by atoms with Gasteiger partial charge in [-0.25, -0.2) is 4.99 Å². The molecule has 1 aromatic carbocycles. The van der Waals surface area contributed by atoms with Crippen LogP contribution in [-0.4, -0.2) is 19.0 Å². The second kappa shape index (κ2) is 5.13. The summed E-state index contributed by atoms with van der Waals surface area (Å²) in [7, 11) is 0. The van der Waals surface area contributed by atoms with Crippen molar-refractivity contribution in [3.8, 4) is 0 Å². The van der Waals surface area contributed by atoms with Gasteiger partial charge in [-0.2, -0.15) is 0 Å². The third-order valence-electron chi connectivity index (χ3n) is 4.15. The summed E-state index contributed by atoms with van der Waals surface area (Å²) in [5.74, 6) is 1.59. The molecular formula is C16H21NO. The Morgan fingerprint density at radius 2 is 2.00 bits per heavy atom. The van der Waals surface area contributed by atoms with Crippen LogP contribution in [0.1, 0.15) is 54.7 Å². The minimum Gasteiger partial charge on any atom is -0.475 e. The zero-order chi connectivity index (χ0) is 12.4. The van der Waals surface area contributed by atoms with Crippen LogP contribution in [0, 0.1) is 6.92 Å². The van der Waals surface area contributed by atoms with Crippen molar-refractivity contribution in [3.05, 3.63) is 34.9 Å². The molecule has 2 heteroatoms. The van der Waals surface area contributed by atoms with Crippen LogP contribution in [0.2, 0.25) is 0 Å². The molecule has 0 bridgehead atoms. The third kappa shape index (κ3) is 2.16. The number of ether oxygens (including phenoxy) is 1. The predicted molar refractivity (Wildman–Crippen MR) is 74.4 cm³/mol. The largest absolute Gasteiger partial charge is 0.475 e. The molecule has 1 saturated carbocycles. The van der Waals surface area contributed by atoms with Gasteiger partial charge < -0.3 is 4.74 Å². The molecule has 0 spiro atoms. The number of hydrogen-bond donors (Lipinski definition) is 0. The molecule has 96 valence electrons. The number of benzene rings is 1. The summed E-state index contributed by atoms with van der Waals surface area (Å²) in [6.45, 7) is 3.73. The lowest BCUT2D eigenvalue weighted by atomic mass is 9.81. The Labute approximate surface area is 109 Å². The van der Waals surface area contributed by atoms with E-state index in [1.165, 1.54) is 48.8 Å². The third-order valence-corrected chi connectivity index (χ3v) is 4.15. The average Bonchev–Trinajstić information content (AvgIpc) is 2.93. The van der Waals surface area contributed by atoms with Crippen molar-refractivity contribution in [3.63, 3.8) is 0 Å². The fourth-order valence-electron chi connectivity index (χ4n) is 3.22. The second-order valence-electron chi connectivity index (χ2n) is 5.41. The topological polar surface area (TPSA) is 21.6 Å². The molecule has 1 aliphatic carbocycles. The highest BCUT2D eigenvalue weighted by atomic mass is 16.5. The van der Waals surface area contributed by atoms with E-state index >= 15 is 0 Å². The highest BCUT2D eigenvalue weighted by molar-refractivity contribution is 5.98. The number of nitrogens with zero attached hydrogens (tertiary/aromatic N) is 1. The van der Waals surface area contributed by atoms with Gasteiger partial charge in [-0.05, 0) is 36.8 Å². The van der Waals surface area contributed by atoms with Crippen LogP contribution in [0.25, 0.3) is 0 Å². The van der Waals surface area contributed by atoms with Gasteiger partial charge in [0.05, 0.1) is 6.54 Å². The number of rotatable bonds is 2. The Kier molecular flexibility index (Phi) is 3.35. The molecule has 3 rings (SSSR count). The van der Waals surface area contributed by atoms with Gasteiger partial charge in [-0.1, -0.05) is 37.5 Å². The van der Waals surface area contributed by atoms with Crippen molar-refractivity contribution in [2.75, 3.05) is 13.2 Å². The molecular weight excluding hydrogens is 222 g/mol. The zero-order valence-electron chi connectivity index (χ0n) is 11.1. The molecule has 2 nitrogen and oxygen atoms in total. The molecule has 1 heterocycles. The smallest absolute Gasteiger partial charge is 0.216 e. The Morgan fingerprint density at radius 3 is 2.72 bits per heavy atom. The molecule has 0 atom stereocenters. The maximum atomic E-state index is 5.70. The van der Waals surface area contributed by atoms with Gasteiger partial charge >= 0.3 is 0 Å². The number of aryl methyl sites for hydroxylation is 1. The zero-order valence-corrected chi connectivity index (χ0v) is 11.1. The van der Waals surface area contributed by atoms with Crippen molar-refractivity contribution >= 4 is 5.90 Å². The second-order valence-corrected chi connectivity index (χ2v) is 5.41. The van der Waals surface area contributed by atoms with E-state index in [1.54, 1.807) is 0 Å². The molecule has 18 heavy (non-hydrogen) atoms. The highest BCUT2D eigenvalue weighted by Crippen LogP contribution is 2.35. The molecule has 0 radical (unpaired) electrons. The number of hydrogen-bond acceptors (Lipinski definition) is 2. The van der Waals surface area contributed by atoms with Crippen LogP contribution >= 0.6 is 0 Å². The quantitative estimate of drug-likeness (QED) is 0.773. The van der Waals surface area contributed by atoms with Crippen LogP contribution < -0.4 is 0 Å². The fourth-order valence-corrected chi connectivity index (χ4v) is 3.22. The lowest BCUT2D eigenvalue weighted by Gasteiger charge is -2.25. The van der Waals surface area contributed by atoms with Crippen molar-refractivity contribution in [2.45, 2.75) is 44.9 Å². The van der Waals surface area contributed by atoms with E-state index in [-0.39, 0.29) is 0 Å². The molecule has 1 aliphatic heterocycles. The van der Waals surface area contributed by atoms with E-state index in [2.05, 4.69) is 30.1 Å². The molecule has 1 aromatic rings. The maximum Gasteiger partial charge on any atom is 0.216 e. The Hall–Kier alpha value is -1.31. The summed E-state index contributed by atoms with van der Waals surface area (Å²) in [5, 5.41) is 0. The van der Waals surface area contributed by atoms with E-state index in [1.807, 2.05) is 0 Å². The lowest BCUT2D eigenvalue weighted by molar-refractivity contribution is 0.347. The number of aliphatic imine (C=N–C) groups is 1. The Morgan fingerprint density at radius 1 is 1.17 bits per heavy atom. The monoisotopic (exact) mass is 243 g/mol. The molecule has 0 aromatic heterocycles. The fraction of sp³-hybridized carbons (Fsp3) is 0.562. The van der Waals surface area contributed by atoms with Crippen molar-refractivity contribution in [2.24, 2.45) is 4.99 Å². The first kappa shape index (κ1) is 11.8.